The number of aromatic amines is 2. The number of nitrogens with zero attached hydrogens (tertiary/aromatic N) is 1. The van der Waals surface area contributed by atoms with Crippen molar-refractivity contribution < 1.29 is 4.74 Å². The van der Waals surface area contributed by atoms with Crippen molar-refractivity contribution in [1.82, 2.24) is 14.9 Å². The van der Waals surface area contributed by atoms with Crippen LogP contribution in [-0.2, 0) is 17.7 Å². The van der Waals surface area contributed by atoms with Gasteiger partial charge in [-0.1, -0.05) is 30.3 Å². The van der Waals surface area contributed by atoms with Crippen molar-refractivity contribution in [2.75, 3.05) is 19.7 Å². The SMILES string of the molecule is O=c1cc(CN2CCOC(CCCc3ccccc3)C2)[nH]c(=O)[nH]1. The second-order valence-electron chi connectivity index (χ2n) is 6.22. The van der Waals surface area contributed by atoms with Gasteiger partial charge in [-0.3, -0.25) is 14.7 Å². The van der Waals surface area contributed by atoms with Gasteiger partial charge < -0.3 is 9.72 Å². The molecule has 6 nitrogen and oxygen atoms in total. The van der Waals surface area contributed by atoms with E-state index in [2.05, 4.69) is 39.1 Å². The van der Waals surface area contributed by atoms with Crippen molar-refractivity contribution in [1.29, 1.82) is 0 Å². The number of H-pyrrole nitrogens is 2. The smallest absolute Gasteiger partial charge is 0.325 e. The monoisotopic (exact) mass is 329 g/mol. The highest BCUT2D eigenvalue weighted by Crippen LogP contribution is 2.14. The van der Waals surface area contributed by atoms with Crippen LogP contribution in [0.25, 0.3) is 0 Å². The number of benzene rings is 1. The van der Waals surface area contributed by atoms with Crippen LogP contribution >= 0.6 is 0 Å². The molecule has 0 amide bonds. The van der Waals surface area contributed by atoms with Gasteiger partial charge in [0, 0.05) is 31.4 Å². The van der Waals surface area contributed by atoms with Crippen LogP contribution in [0.3, 0.4) is 0 Å². The summed E-state index contributed by atoms with van der Waals surface area (Å²) in [5.41, 5.74) is 1.19. The Morgan fingerprint density at radius 1 is 1.17 bits per heavy atom. The normalized spacial score (nSPS) is 18.6. The van der Waals surface area contributed by atoms with Gasteiger partial charge in [0.25, 0.3) is 5.56 Å². The van der Waals surface area contributed by atoms with Crippen LogP contribution in [0.5, 0.6) is 0 Å². The largest absolute Gasteiger partial charge is 0.376 e. The molecule has 1 aliphatic rings. The second-order valence-corrected chi connectivity index (χ2v) is 6.22. The fourth-order valence-corrected chi connectivity index (χ4v) is 3.12. The number of hydrogen-bond donors (Lipinski definition) is 2. The van der Waals surface area contributed by atoms with Crippen molar-refractivity contribution in [3.8, 4) is 0 Å². The Balaban J connectivity index is 1.49. The van der Waals surface area contributed by atoms with Crippen molar-refractivity contribution in [3.63, 3.8) is 0 Å². The van der Waals surface area contributed by atoms with Crippen molar-refractivity contribution in [2.24, 2.45) is 0 Å². The Morgan fingerprint density at radius 3 is 2.79 bits per heavy atom. The Hall–Kier alpha value is -2.18. The maximum atomic E-state index is 11.4. The lowest BCUT2D eigenvalue weighted by molar-refractivity contribution is -0.0358. The summed E-state index contributed by atoms with van der Waals surface area (Å²) in [5.74, 6) is 0. The van der Waals surface area contributed by atoms with E-state index in [0.29, 0.717) is 18.8 Å². The van der Waals surface area contributed by atoms with Crippen molar-refractivity contribution in [2.45, 2.75) is 31.9 Å². The minimum atomic E-state index is -0.454. The van der Waals surface area contributed by atoms with E-state index in [0.717, 1.165) is 32.4 Å². The van der Waals surface area contributed by atoms with Crippen molar-refractivity contribution in [3.05, 3.63) is 68.5 Å². The molecule has 0 radical (unpaired) electrons. The van der Waals surface area contributed by atoms with E-state index in [1.165, 1.54) is 11.6 Å². The third-order valence-corrected chi connectivity index (χ3v) is 4.27. The number of aryl methyl sites for hydroxylation is 1. The maximum Gasteiger partial charge on any atom is 0.325 e. The molecule has 1 unspecified atom stereocenters. The Labute approximate surface area is 140 Å². The molecule has 1 atom stereocenters. The fourth-order valence-electron chi connectivity index (χ4n) is 3.12. The highest BCUT2D eigenvalue weighted by atomic mass is 16.5. The molecular weight excluding hydrogens is 306 g/mol. The number of rotatable bonds is 6. The van der Waals surface area contributed by atoms with Gasteiger partial charge in [0.2, 0.25) is 0 Å². The number of aromatic nitrogens is 2. The van der Waals surface area contributed by atoms with E-state index in [4.69, 9.17) is 4.74 Å². The summed E-state index contributed by atoms with van der Waals surface area (Å²) in [6.45, 7) is 2.88. The first-order valence-corrected chi connectivity index (χ1v) is 8.39. The summed E-state index contributed by atoms with van der Waals surface area (Å²) in [7, 11) is 0. The van der Waals surface area contributed by atoms with Crippen LogP contribution < -0.4 is 11.2 Å². The number of morpholine rings is 1. The first-order valence-electron chi connectivity index (χ1n) is 8.39. The van der Waals surface area contributed by atoms with Crippen LogP contribution in [0.2, 0.25) is 0 Å². The van der Waals surface area contributed by atoms with Crippen LogP contribution in [0.4, 0.5) is 0 Å². The molecule has 0 aliphatic carbocycles. The molecule has 2 aromatic rings. The number of nitrogens with one attached hydrogen (secondary N) is 2. The molecule has 1 aromatic carbocycles. The van der Waals surface area contributed by atoms with Crippen LogP contribution in [0.1, 0.15) is 24.1 Å². The zero-order valence-electron chi connectivity index (χ0n) is 13.7. The number of ether oxygens (including phenoxy) is 1. The summed E-state index contributed by atoms with van der Waals surface area (Å²) in [5, 5.41) is 0. The van der Waals surface area contributed by atoms with Crippen LogP contribution in [0.15, 0.2) is 46.0 Å². The zero-order valence-corrected chi connectivity index (χ0v) is 13.7. The van der Waals surface area contributed by atoms with E-state index in [1.54, 1.807) is 0 Å². The highest BCUT2D eigenvalue weighted by Gasteiger charge is 2.20. The minimum absolute atomic E-state index is 0.205. The van der Waals surface area contributed by atoms with Crippen LogP contribution in [-0.4, -0.2) is 40.7 Å². The average molecular weight is 329 g/mol. The molecule has 1 saturated heterocycles. The first-order chi connectivity index (χ1) is 11.7. The van der Waals surface area contributed by atoms with Gasteiger partial charge in [-0.2, -0.15) is 0 Å². The third kappa shape index (κ3) is 4.91. The predicted molar refractivity (Wildman–Crippen MR) is 92.1 cm³/mol. The number of hydrogen-bond acceptors (Lipinski definition) is 4. The standard InChI is InChI=1S/C18H23N3O3/c22-17-11-15(19-18(23)20-17)12-21-9-10-24-16(13-21)8-4-7-14-5-2-1-3-6-14/h1-3,5-6,11,16H,4,7-10,12-13H2,(H2,19,20,22,23). The topological polar surface area (TPSA) is 78.2 Å². The zero-order chi connectivity index (χ0) is 16.8. The Kier molecular flexibility index (Phi) is 5.61. The lowest BCUT2D eigenvalue weighted by Gasteiger charge is -2.32. The summed E-state index contributed by atoms with van der Waals surface area (Å²) in [6.07, 6.45) is 3.36. The van der Waals surface area contributed by atoms with E-state index in [9.17, 15) is 9.59 Å². The van der Waals surface area contributed by atoms with Gasteiger partial charge >= 0.3 is 5.69 Å². The molecule has 0 saturated carbocycles. The van der Waals surface area contributed by atoms with Gasteiger partial charge in [0.15, 0.2) is 0 Å². The molecule has 0 bridgehead atoms. The molecule has 3 rings (SSSR count). The molecule has 2 heterocycles. The van der Waals surface area contributed by atoms with Crippen LogP contribution in [0, 0.1) is 0 Å². The summed E-state index contributed by atoms with van der Waals surface area (Å²) in [6, 6.07) is 11.9. The molecule has 24 heavy (non-hydrogen) atoms. The quantitative estimate of drug-likeness (QED) is 0.837. The average Bonchev–Trinajstić information content (AvgIpc) is 2.55. The van der Waals surface area contributed by atoms with Crippen molar-refractivity contribution >= 4 is 0 Å². The molecule has 1 aromatic heterocycles. The molecular formula is C18H23N3O3. The first kappa shape index (κ1) is 16.7. The van der Waals surface area contributed by atoms with Gasteiger partial charge in [0.05, 0.1) is 12.7 Å². The van der Waals surface area contributed by atoms with Gasteiger partial charge in [-0.05, 0) is 24.8 Å². The summed E-state index contributed by atoms with van der Waals surface area (Å²) < 4.78 is 5.85. The molecule has 1 fully saturated rings. The van der Waals surface area contributed by atoms with E-state index >= 15 is 0 Å². The fraction of sp³-hybridized carbons (Fsp3) is 0.444. The molecule has 1 aliphatic heterocycles. The van der Waals surface area contributed by atoms with E-state index in [-0.39, 0.29) is 11.7 Å². The highest BCUT2D eigenvalue weighted by molar-refractivity contribution is 5.14. The molecule has 128 valence electrons. The van der Waals surface area contributed by atoms with Gasteiger partial charge in [-0.25, -0.2) is 4.79 Å². The second kappa shape index (κ2) is 8.08. The minimum Gasteiger partial charge on any atom is -0.376 e. The lowest BCUT2D eigenvalue weighted by atomic mass is 10.1. The molecule has 2 N–H and O–H groups in total. The van der Waals surface area contributed by atoms with Gasteiger partial charge in [-0.15, -0.1) is 0 Å². The molecule has 6 heteroatoms. The Morgan fingerprint density at radius 2 is 2.00 bits per heavy atom. The predicted octanol–water partition coefficient (Wildman–Crippen LogP) is 1.29. The third-order valence-electron chi connectivity index (χ3n) is 4.27. The van der Waals surface area contributed by atoms with E-state index in [1.807, 2.05) is 6.07 Å². The van der Waals surface area contributed by atoms with Gasteiger partial charge in [0.1, 0.15) is 0 Å². The molecule has 0 spiro atoms. The summed E-state index contributed by atoms with van der Waals surface area (Å²) >= 11 is 0. The van der Waals surface area contributed by atoms with E-state index < -0.39 is 5.69 Å². The lowest BCUT2D eigenvalue weighted by Crippen LogP contribution is -2.42. The maximum absolute atomic E-state index is 11.4. The summed E-state index contributed by atoms with van der Waals surface area (Å²) in [4.78, 5) is 29.8. The Bertz CT molecular complexity index is 726.